The van der Waals surface area contributed by atoms with Crippen molar-refractivity contribution in [3.8, 4) is 0 Å². The zero-order chi connectivity index (χ0) is 32.7. The van der Waals surface area contributed by atoms with Crippen LogP contribution >= 0.6 is 11.6 Å². The van der Waals surface area contributed by atoms with Gasteiger partial charge in [-0.15, -0.1) is 0 Å². The van der Waals surface area contributed by atoms with Gasteiger partial charge in [0.05, 0.1) is 5.02 Å². The number of rotatable bonds is 4. The maximum atomic E-state index is 14.9. The predicted octanol–water partition coefficient (Wildman–Crippen LogP) is 4.39. The Morgan fingerprint density at radius 2 is 1.85 bits per heavy atom. The summed E-state index contributed by atoms with van der Waals surface area (Å²) in [6, 6.07) is 2.52. The Morgan fingerprint density at radius 1 is 1.15 bits per heavy atom. The van der Waals surface area contributed by atoms with Crippen LogP contribution in [0.2, 0.25) is 5.02 Å². The van der Waals surface area contributed by atoms with Crippen molar-refractivity contribution in [3.63, 3.8) is 0 Å². The zero-order valence-electron chi connectivity index (χ0n) is 23.8. The summed E-state index contributed by atoms with van der Waals surface area (Å²) in [6.45, 7) is -0.614. The fraction of sp³-hybridized carbons (Fsp3) is 0.308. The molecule has 2 fully saturated rings. The number of halogens is 6. The fourth-order valence-electron chi connectivity index (χ4n) is 4.81. The number of ether oxygens (including phenoxy) is 2. The molecule has 5 rings (SSSR count). The minimum atomic E-state index is -4.99. The molecule has 0 saturated carbocycles. The van der Waals surface area contributed by atoms with Crippen LogP contribution in [0.1, 0.15) is 34.0 Å². The van der Waals surface area contributed by atoms with E-state index >= 15 is 0 Å². The van der Waals surface area contributed by atoms with Crippen LogP contribution in [0.25, 0.3) is 10.9 Å². The second-order valence-electron chi connectivity index (χ2n) is 9.61. The number of nitrogens with zero attached hydrogens (tertiary/aromatic N) is 3. The topological polar surface area (TPSA) is 89.0 Å². The van der Waals surface area contributed by atoms with Crippen LogP contribution in [-0.2, 0) is 25.2 Å². The van der Waals surface area contributed by atoms with Gasteiger partial charge in [0.15, 0.2) is 0 Å². The number of hydrogen-bond donors (Lipinski definition) is 0. The van der Waals surface area contributed by atoms with Crippen molar-refractivity contribution in [2.45, 2.75) is 44.1 Å². The van der Waals surface area contributed by atoms with Crippen molar-refractivity contribution in [1.82, 2.24) is 4.98 Å². The SMILES string of the molecule is [2H]C([2H])([2H])N(C(=O)[C@@H]1[C@@H]2OC(C)(C)O[C@@H]2C(=O)N1c1ccc2nc(C(=O)[Se])cc(C(F)(F)F)c2c1)c1cc(Cl)c(F)cc1F. The van der Waals surface area contributed by atoms with Crippen LogP contribution < -0.4 is 9.80 Å². The minimum absolute atomic E-state index is 0.00492. The number of hydrogen-bond acceptors (Lipinski definition) is 6. The van der Waals surface area contributed by atoms with Crippen molar-refractivity contribution in [1.29, 1.82) is 0 Å². The molecule has 215 valence electrons. The molecule has 3 heterocycles. The van der Waals surface area contributed by atoms with E-state index in [4.69, 9.17) is 25.2 Å². The molecule has 0 unspecified atom stereocenters. The van der Waals surface area contributed by atoms with Crippen molar-refractivity contribution in [2.24, 2.45) is 0 Å². The molecule has 0 spiro atoms. The van der Waals surface area contributed by atoms with E-state index in [1.54, 1.807) is 0 Å². The zero-order valence-corrected chi connectivity index (χ0v) is 23.2. The summed E-state index contributed by atoms with van der Waals surface area (Å²) in [5, 5.41) is -1.27. The van der Waals surface area contributed by atoms with E-state index in [1.165, 1.54) is 13.8 Å². The third-order valence-corrected chi connectivity index (χ3v) is 7.22. The number of aromatic nitrogens is 1. The quantitative estimate of drug-likeness (QED) is 0.234. The number of carbonyl (C=O) groups is 3. The maximum absolute atomic E-state index is 14.9. The van der Waals surface area contributed by atoms with E-state index in [0.717, 1.165) is 18.2 Å². The van der Waals surface area contributed by atoms with E-state index in [9.17, 15) is 36.3 Å². The third kappa shape index (κ3) is 5.08. The number of amides is 2. The van der Waals surface area contributed by atoms with Crippen LogP contribution in [0.15, 0.2) is 36.4 Å². The first-order valence-corrected chi connectivity index (χ1v) is 12.9. The van der Waals surface area contributed by atoms with Gasteiger partial charge in [0, 0.05) is 10.2 Å². The molecule has 2 amide bonds. The summed E-state index contributed by atoms with van der Waals surface area (Å²) in [5.74, 6) is -6.60. The molecule has 2 aliphatic rings. The number of anilines is 2. The monoisotopic (exact) mass is 665 g/mol. The van der Waals surface area contributed by atoms with E-state index in [1.807, 2.05) is 0 Å². The molecular weight excluding hydrogens is 644 g/mol. The molecule has 2 saturated heterocycles. The van der Waals surface area contributed by atoms with Gasteiger partial charge in [-0.3, -0.25) is 0 Å². The normalized spacial score (nSPS) is 23.2. The van der Waals surface area contributed by atoms with Gasteiger partial charge in [0.2, 0.25) is 0 Å². The molecule has 2 aromatic carbocycles. The first-order valence-electron chi connectivity index (χ1n) is 13.1. The Labute approximate surface area is 246 Å². The van der Waals surface area contributed by atoms with E-state index in [2.05, 4.69) is 21.0 Å². The van der Waals surface area contributed by atoms with Crippen molar-refractivity contribution >= 4 is 66.4 Å². The minimum Gasteiger partial charge on any atom is -0.205 e. The van der Waals surface area contributed by atoms with Gasteiger partial charge >= 0.3 is 179 Å². The standard InChI is InChI=1S/C26H18ClF5N3O5Se/c1-25(2)39-20-19(22(36)34(3)18-8-13(27)14(28)9-15(18)29)35(23(37)21(20)40-25)10-4-5-16-11(6-10)12(26(30,31)32)7-17(33-16)24(38)41/h4-9,19-21H,1-3H3/t19-,20-,21-/m0/s1/i3D3. The molecule has 0 aliphatic carbocycles. The van der Waals surface area contributed by atoms with E-state index in [-0.39, 0.29) is 22.2 Å². The van der Waals surface area contributed by atoms with E-state index < -0.39 is 92.7 Å². The molecule has 3 atom stereocenters. The predicted molar refractivity (Wildman–Crippen MR) is 137 cm³/mol. The van der Waals surface area contributed by atoms with Gasteiger partial charge in [-0.2, -0.15) is 0 Å². The Kier molecular flexibility index (Phi) is 6.22. The average molecular weight is 665 g/mol. The summed E-state index contributed by atoms with van der Waals surface area (Å²) < 4.78 is 106. The number of fused-ring (bicyclic) bond motifs is 2. The van der Waals surface area contributed by atoms with E-state index in [0.29, 0.717) is 17.0 Å². The number of pyridine rings is 1. The van der Waals surface area contributed by atoms with Crippen LogP contribution in [0, 0.1) is 11.6 Å². The molecule has 1 radical (unpaired) electrons. The molecule has 2 aliphatic heterocycles. The third-order valence-electron chi connectivity index (χ3n) is 6.49. The second-order valence-corrected chi connectivity index (χ2v) is 10.8. The summed E-state index contributed by atoms with van der Waals surface area (Å²) in [4.78, 5) is 44.2. The van der Waals surface area contributed by atoms with Crippen molar-refractivity contribution < 1.29 is 49.9 Å². The summed E-state index contributed by atoms with van der Waals surface area (Å²) in [6.07, 6.45) is -8.02. The molecule has 1 aromatic heterocycles. The molecule has 15 heteroatoms. The number of carbonyl (C=O) groups excluding carboxylic acids is 3. The van der Waals surface area contributed by atoms with Gasteiger partial charge in [0.25, 0.3) is 0 Å². The Balaban J connectivity index is 1.71. The number of alkyl halides is 3. The molecule has 0 bridgehead atoms. The Bertz CT molecular complexity index is 1740. The number of likely N-dealkylation sites (N-methyl/N-ethyl adjacent to an activating group) is 1. The number of benzene rings is 2. The smallest absolute Gasteiger partial charge is 0.205 e. The average Bonchev–Trinajstić information content (AvgIpc) is 3.34. The summed E-state index contributed by atoms with van der Waals surface area (Å²) in [5.41, 5.74) is -3.35. The van der Waals surface area contributed by atoms with Crippen LogP contribution in [0.5, 0.6) is 0 Å². The van der Waals surface area contributed by atoms with Gasteiger partial charge in [-0.25, -0.2) is 8.78 Å². The van der Waals surface area contributed by atoms with Gasteiger partial charge in [-0.05, 0) is 19.9 Å². The van der Waals surface area contributed by atoms with Gasteiger partial charge in [0.1, 0.15) is 11.6 Å². The molecule has 41 heavy (non-hydrogen) atoms. The first kappa shape index (κ1) is 25.5. The fourth-order valence-corrected chi connectivity index (χ4v) is 5.19. The molecule has 3 aromatic rings. The molecular formula is C26H18ClF5N3O5Se. The summed E-state index contributed by atoms with van der Waals surface area (Å²) >= 11 is 7.83. The van der Waals surface area contributed by atoms with Crippen molar-refractivity contribution in [2.75, 3.05) is 16.8 Å². The van der Waals surface area contributed by atoms with Crippen molar-refractivity contribution in [3.05, 3.63) is 64.3 Å². The molecule has 0 N–H and O–H groups in total. The van der Waals surface area contributed by atoms with Crippen LogP contribution in [-0.4, -0.2) is 68.5 Å². The van der Waals surface area contributed by atoms with Crippen LogP contribution in [0.3, 0.4) is 0 Å². The van der Waals surface area contributed by atoms with Crippen LogP contribution in [0.4, 0.5) is 33.3 Å². The van der Waals surface area contributed by atoms with Gasteiger partial charge in [-0.1, -0.05) is 11.6 Å². The second kappa shape index (κ2) is 9.99. The Hall–Kier alpha value is -3.16. The summed E-state index contributed by atoms with van der Waals surface area (Å²) in [7, 11) is 0. The van der Waals surface area contributed by atoms with Gasteiger partial charge < -0.3 is 0 Å². The first-order chi connectivity index (χ1) is 20.2. The molecule has 8 nitrogen and oxygen atoms in total. The Morgan fingerprint density at radius 3 is 2.49 bits per heavy atom.